The van der Waals surface area contributed by atoms with Gasteiger partial charge in [-0.05, 0) is 44.1 Å². The van der Waals surface area contributed by atoms with Crippen LogP contribution in [-0.2, 0) is 24.0 Å². The Hall–Kier alpha value is -2.73. The third-order valence-corrected chi connectivity index (χ3v) is 5.69. The van der Waals surface area contributed by atoms with Gasteiger partial charge in [-0.15, -0.1) is 0 Å². The molecule has 0 aliphatic heterocycles. The molecule has 12 nitrogen and oxygen atoms in total. The Labute approximate surface area is 201 Å². The molecule has 10 N–H and O–H groups in total. The minimum absolute atomic E-state index is 0.0800. The van der Waals surface area contributed by atoms with Crippen molar-refractivity contribution in [1.29, 1.82) is 0 Å². The lowest BCUT2D eigenvalue weighted by Crippen LogP contribution is -2.59. The van der Waals surface area contributed by atoms with Crippen molar-refractivity contribution in [3.63, 3.8) is 0 Å². The number of rotatable bonds is 17. The van der Waals surface area contributed by atoms with Gasteiger partial charge in [0.1, 0.15) is 18.1 Å². The molecule has 0 spiro atoms. The lowest BCUT2D eigenvalue weighted by Gasteiger charge is -2.28. The predicted octanol–water partition coefficient (Wildman–Crippen LogP) is -1.05. The molecule has 5 unspecified atom stereocenters. The van der Waals surface area contributed by atoms with E-state index in [0.717, 1.165) is 0 Å². The number of carbonyl (C=O) groups is 5. The molecule has 34 heavy (non-hydrogen) atoms. The zero-order chi connectivity index (χ0) is 26.4. The Kier molecular flexibility index (Phi) is 14.7. The molecule has 4 amide bonds. The SMILES string of the molecule is CCC(C)C(NC(=O)C(CCC(N)=O)NC(=O)C(N)C(C)C)C(=O)NC(CCCCN)C(=O)O. The number of primary amides is 1. The van der Waals surface area contributed by atoms with Gasteiger partial charge in [-0.3, -0.25) is 19.2 Å². The Morgan fingerprint density at radius 1 is 0.853 bits per heavy atom. The zero-order valence-corrected chi connectivity index (χ0v) is 20.6. The molecule has 0 aromatic rings. The minimum atomic E-state index is -1.19. The fourth-order valence-corrected chi connectivity index (χ4v) is 3.09. The third kappa shape index (κ3) is 11.4. The summed E-state index contributed by atoms with van der Waals surface area (Å²) in [4.78, 5) is 61.2. The van der Waals surface area contributed by atoms with E-state index in [1.807, 2.05) is 6.92 Å². The summed E-state index contributed by atoms with van der Waals surface area (Å²) in [6.45, 7) is 7.46. The summed E-state index contributed by atoms with van der Waals surface area (Å²) in [6, 6.07) is -4.20. The summed E-state index contributed by atoms with van der Waals surface area (Å²) in [5.74, 6) is -4.29. The van der Waals surface area contributed by atoms with Crippen LogP contribution < -0.4 is 33.2 Å². The lowest BCUT2D eigenvalue weighted by molar-refractivity contribution is -0.143. The van der Waals surface area contributed by atoms with Crippen LogP contribution in [0.25, 0.3) is 0 Å². The number of carboxylic acid groups (broad SMARTS) is 1. The molecule has 0 aromatic carbocycles. The molecule has 0 heterocycles. The van der Waals surface area contributed by atoms with Crippen molar-refractivity contribution in [2.75, 3.05) is 6.54 Å². The number of carboxylic acids is 1. The largest absolute Gasteiger partial charge is 0.480 e. The molecule has 0 fully saturated rings. The average molecular weight is 487 g/mol. The number of nitrogens with one attached hydrogen (secondary N) is 3. The molecule has 0 saturated carbocycles. The molecule has 0 aromatic heterocycles. The summed E-state index contributed by atoms with van der Waals surface area (Å²) in [5.41, 5.74) is 16.5. The summed E-state index contributed by atoms with van der Waals surface area (Å²) >= 11 is 0. The molecule has 0 bridgehead atoms. The van der Waals surface area contributed by atoms with E-state index in [1.165, 1.54) is 0 Å². The highest BCUT2D eigenvalue weighted by Gasteiger charge is 2.33. The van der Waals surface area contributed by atoms with Crippen molar-refractivity contribution < 1.29 is 29.1 Å². The van der Waals surface area contributed by atoms with E-state index in [1.54, 1.807) is 20.8 Å². The van der Waals surface area contributed by atoms with Gasteiger partial charge in [0, 0.05) is 6.42 Å². The maximum absolute atomic E-state index is 13.0. The van der Waals surface area contributed by atoms with Gasteiger partial charge in [0.05, 0.1) is 6.04 Å². The van der Waals surface area contributed by atoms with Gasteiger partial charge in [-0.2, -0.15) is 0 Å². The Balaban J connectivity index is 5.57. The van der Waals surface area contributed by atoms with Gasteiger partial charge in [-0.1, -0.05) is 34.1 Å². The molecule has 0 radical (unpaired) electrons. The first kappa shape index (κ1) is 31.3. The van der Waals surface area contributed by atoms with E-state index >= 15 is 0 Å². The highest BCUT2D eigenvalue weighted by molar-refractivity contribution is 5.94. The van der Waals surface area contributed by atoms with Crippen LogP contribution in [0.1, 0.15) is 66.2 Å². The molecular formula is C22H42N6O6. The predicted molar refractivity (Wildman–Crippen MR) is 127 cm³/mol. The van der Waals surface area contributed by atoms with E-state index < -0.39 is 53.8 Å². The summed E-state index contributed by atoms with van der Waals surface area (Å²) < 4.78 is 0. The first-order valence-corrected chi connectivity index (χ1v) is 11.7. The van der Waals surface area contributed by atoms with Crippen molar-refractivity contribution in [3.8, 4) is 0 Å². The topological polar surface area (TPSA) is 220 Å². The van der Waals surface area contributed by atoms with Gasteiger partial charge in [0.25, 0.3) is 0 Å². The maximum Gasteiger partial charge on any atom is 0.326 e. The fourth-order valence-electron chi connectivity index (χ4n) is 3.09. The highest BCUT2D eigenvalue weighted by Crippen LogP contribution is 2.11. The minimum Gasteiger partial charge on any atom is -0.480 e. The van der Waals surface area contributed by atoms with Crippen LogP contribution in [0, 0.1) is 11.8 Å². The Morgan fingerprint density at radius 2 is 1.44 bits per heavy atom. The monoisotopic (exact) mass is 486 g/mol. The summed E-state index contributed by atoms with van der Waals surface area (Å²) in [7, 11) is 0. The standard InChI is InChI=1S/C22H42N6O6/c1-5-13(4)18(21(32)27-15(22(33)34)8-6-7-11-23)28-19(30)14(9-10-16(24)29)26-20(31)17(25)12(2)3/h12-15,17-18H,5-11,23,25H2,1-4H3,(H2,24,29)(H,26,31)(H,27,32)(H,28,30)(H,33,34). The second-order valence-corrected chi connectivity index (χ2v) is 8.89. The quantitative estimate of drug-likeness (QED) is 0.125. The molecule has 0 rings (SSSR count). The Bertz CT molecular complexity index is 701. The third-order valence-electron chi connectivity index (χ3n) is 5.69. The number of aliphatic carboxylic acids is 1. The number of unbranched alkanes of at least 4 members (excludes halogenated alkanes) is 1. The first-order valence-electron chi connectivity index (χ1n) is 11.7. The second kappa shape index (κ2) is 16.0. The van der Waals surface area contributed by atoms with Crippen molar-refractivity contribution in [2.24, 2.45) is 29.0 Å². The molecule has 0 aliphatic rings. The van der Waals surface area contributed by atoms with Gasteiger partial charge < -0.3 is 38.3 Å². The number of carbonyl (C=O) groups excluding carboxylic acids is 4. The zero-order valence-electron chi connectivity index (χ0n) is 20.6. The van der Waals surface area contributed by atoms with Crippen molar-refractivity contribution in [3.05, 3.63) is 0 Å². The van der Waals surface area contributed by atoms with E-state index in [0.29, 0.717) is 25.8 Å². The van der Waals surface area contributed by atoms with Crippen molar-refractivity contribution in [1.82, 2.24) is 16.0 Å². The summed E-state index contributed by atoms with van der Waals surface area (Å²) in [5, 5.41) is 17.1. The van der Waals surface area contributed by atoms with Crippen molar-refractivity contribution in [2.45, 2.75) is 90.4 Å². The van der Waals surface area contributed by atoms with Crippen LogP contribution in [0.2, 0.25) is 0 Å². The average Bonchev–Trinajstić information content (AvgIpc) is 2.77. The van der Waals surface area contributed by atoms with Crippen molar-refractivity contribution >= 4 is 29.6 Å². The number of hydrogen-bond donors (Lipinski definition) is 7. The number of amides is 4. The lowest BCUT2D eigenvalue weighted by atomic mass is 9.96. The van der Waals surface area contributed by atoms with E-state index in [-0.39, 0.29) is 31.1 Å². The van der Waals surface area contributed by atoms with Crippen LogP contribution in [0.3, 0.4) is 0 Å². The van der Waals surface area contributed by atoms with Crippen LogP contribution >= 0.6 is 0 Å². The number of nitrogens with two attached hydrogens (primary N) is 3. The van der Waals surface area contributed by atoms with E-state index in [9.17, 15) is 29.1 Å². The van der Waals surface area contributed by atoms with Gasteiger partial charge >= 0.3 is 5.97 Å². The van der Waals surface area contributed by atoms with Gasteiger partial charge in [0.15, 0.2) is 0 Å². The summed E-state index contributed by atoms with van der Waals surface area (Å²) in [6.07, 6.45) is 1.60. The smallest absolute Gasteiger partial charge is 0.326 e. The first-order chi connectivity index (χ1) is 15.8. The highest BCUT2D eigenvalue weighted by atomic mass is 16.4. The van der Waals surface area contributed by atoms with Crippen LogP contribution in [0.15, 0.2) is 0 Å². The van der Waals surface area contributed by atoms with Gasteiger partial charge in [-0.25, -0.2) is 4.79 Å². The molecular weight excluding hydrogens is 444 g/mol. The normalized spacial score (nSPS) is 15.5. The van der Waals surface area contributed by atoms with Crippen LogP contribution in [0.4, 0.5) is 0 Å². The van der Waals surface area contributed by atoms with Gasteiger partial charge in [0.2, 0.25) is 23.6 Å². The molecule has 12 heteroatoms. The van der Waals surface area contributed by atoms with Crippen LogP contribution in [0.5, 0.6) is 0 Å². The fraction of sp³-hybridized carbons (Fsp3) is 0.773. The molecule has 196 valence electrons. The van der Waals surface area contributed by atoms with E-state index in [4.69, 9.17) is 17.2 Å². The van der Waals surface area contributed by atoms with E-state index in [2.05, 4.69) is 16.0 Å². The maximum atomic E-state index is 13.0. The Morgan fingerprint density at radius 3 is 1.91 bits per heavy atom. The second-order valence-electron chi connectivity index (χ2n) is 8.89. The molecule has 5 atom stereocenters. The molecule has 0 aliphatic carbocycles. The van der Waals surface area contributed by atoms with Crippen LogP contribution in [-0.4, -0.2) is 65.4 Å². The molecule has 0 saturated heterocycles. The number of hydrogen-bond acceptors (Lipinski definition) is 7.